The van der Waals surface area contributed by atoms with Crippen molar-refractivity contribution in [2.45, 2.75) is 219 Å². The fraction of sp³-hybridized carbons (Fsp3) is 0.632. The number of rotatable bonds is 44. The standard InChI is InChI=1S/C57H92O6/c1-4-7-10-13-16-19-22-25-26-27-28-29-30-33-35-38-41-44-47-50-56(59)62-53-54(63-57(60)51-48-45-42-39-36-32-24-21-18-15-12-9-6-3)52-61-55(58)49-46-43-40-37-34-31-23-20-17-14-11-8-5-2/h8-9,11-12,14-15,17-18,20-21,23-24,27-28,31-32,34,36,54H,4-7,10,13,16,19,22,25-26,29-30,33,35,37-53H2,1-3H3/b11-8+,12-9+,17-14+,18-15+,23-20+,24-21+,28-27+,34-31+,36-32+. The van der Waals surface area contributed by atoms with Crippen LogP contribution in [0.1, 0.15) is 213 Å². The van der Waals surface area contributed by atoms with Gasteiger partial charge in [-0.25, -0.2) is 0 Å². The van der Waals surface area contributed by atoms with Gasteiger partial charge in [0, 0.05) is 19.3 Å². The molecule has 0 aromatic heterocycles. The van der Waals surface area contributed by atoms with E-state index in [1.54, 1.807) is 0 Å². The number of hydrogen-bond acceptors (Lipinski definition) is 6. The van der Waals surface area contributed by atoms with Gasteiger partial charge in [0.1, 0.15) is 13.2 Å². The molecule has 6 nitrogen and oxygen atoms in total. The van der Waals surface area contributed by atoms with E-state index >= 15 is 0 Å². The summed E-state index contributed by atoms with van der Waals surface area (Å²) in [6.07, 6.45) is 67.9. The fourth-order valence-electron chi connectivity index (χ4n) is 6.63. The lowest BCUT2D eigenvalue weighted by Crippen LogP contribution is -2.30. The molecule has 6 heteroatoms. The van der Waals surface area contributed by atoms with Gasteiger partial charge in [0.05, 0.1) is 0 Å². The van der Waals surface area contributed by atoms with Crippen LogP contribution in [0.5, 0.6) is 0 Å². The second-order valence-electron chi connectivity index (χ2n) is 16.5. The Balaban J connectivity index is 4.46. The van der Waals surface area contributed by atoms with E-state index in [2.05, 4.69) is 57.2 Å². The molecule has 0 amide bonds. The Hall–Kier alpha value is -3.93. The molecule has 0 bridgehead atoms. The van der Waals surface area contributed by atoms with Gasteiger partial charge in [0.15, 0.2) is 6.10 Å². The van der Waals surface area contributed by atoms with Gasteiger partial charge in [-0.3, -0.25) is 14.4 Å². The molecule has 0 radical (unpaired) electrons. The van der Waals surface area contributed by atoms with Crippen molar-refractivity contribution < 1.29 is 28.6 Å². The van der Waals surface area contributed by atoms with Crippen LogP contribution < -0.4 is 0 Å². The van der Waals surface area contributed by atoms with Crippen LogP contribution in [0.25, 0.3) is 0 Å². The van der Waals surface area contributed by atoms with Crippen molar-refractivity contribution in [1.29, 1.82) is 0 Å². The molecule has 0 aliphatic heterocycles. The highest BCUT2D eigenvalue weighted by molar-refractivity contribution is 5.71. The van der Waals surface area contributed by atoms with Crippen molar-refractivity contribution in [3.05, 3.63) is 109 Å². The molecule has 63 heavy (non-hydrogen) atoms. The highest BCUT2D eigenvalue weighted by Gasteiger charge is 2.19. The van der Waals surface area contributed by atoms with Crippen LogP contribution in [0, 0.1) is 0 Å². The molecule has 0 N–H and O–H groups in total. The van der Waals surface area contributed by atoms with Crippen LogP contribution >= 0.6 is 0 Å². The Morgan fingerprint density at radius 1 is 0.333 bits per heavy atom. The average molecular weight is 873 g/mol. The fourth-order valence-corrected chi connectivity index (χ4v) is 6.63. The van der Waals surface area contributed by atoms with Gasteiger partial charge >= 0.3 is 17.9 Å². The van der Waals surface area contributed by atoms with E-state index < -0.39 is 6.10 Å². The Bertz CT molecular complexity index is 1330. The van der Waals surface area contributed by atoms with Gasteiger partial charge in [-0.05, 0) is 83.5 Å². The van der Waals surface area contributed by atoms with Crippen LogP contribution in [-0.4, -0.2) is 37.2 Å². The number of ether oxygens (including phenoxy) is 3. The lowest BCUT2D eigenvalue weighted by molar-refractivity contribution is -0.167. The van der Waals surface area contributed by atoms with Crippen LogP contribution in [0.3, 0.4) is 0 Å². The number of unbranched alkanes of at least 4 members (excludes halogenated alkanes) is 21. The van der Waals surface area contributed by atoms with E-state index in [0.717, 1.165) is 77.0 Å². The SMILES string of the molecule is CC/C=C/C=C/C=C/C=C/CCCCCC(=O)OCC(COC(=O)CCCCCCCCC/C=C/CCCCCCCCCC)OC(=O)CCCCC/C=C/C=C/C=C/C=C/CC. The number of allylic oxidation sites excluding steroid dienone is 18. The maximum atomic E-state index is 12.8. The van der Waals surface area contributed by atoms with Crippen LogP contribution in [0.15, 0.2) is 109 Å². The van der Waals surface area contributed by atoms with E-state index in [1.165, 1.54) is 89.9 Å². The van der Waals surface area contributed by atoms with E-state index in [-0.39, 0.29) is 37.5 Å². The Kier molecular flexibility index (Phi) is 47.5. The first-order valence-electron chi connectivity index (χ1n) is 25.5. The van der Waals surface area contributed by atoms with Crippen molar-refractivity contribution in [3.8, 4) is 0 Å². The number of hydrogen-bond donors (Lipinski definition) is 0. The van der Waals surface area contributed by atoms with Crippen LogP contribution in [0.2, 0.25) is 0 Å². The molecule has 0 spiro atoms. The molecule has 0 rings (SSSR count). The summed E-state index contributed by atoms with van der Waals surface area (Å²) in [6.45, 7) is 6.27. The summed E-state index contributed by atoms with van der Waals surface area (Å²) in [5, 5.41) is 0. The zero-order valence-corrected chi connectivity index (χ0v) is 40.5. The quantitative estimate of drug-likeness (QED) is 0.0199. The molecule has 0 fully saturated rings. The molecule has 0 saturated heterocycles. The molecule has 1 unspecified atom stereocenters. The third-order valence-corrected chi connectivity index (χ3v) is 10.4. The molecular weight excluding hydrogens is 781 g/mol. The first-order chi connectivity index (χ1) is 31.0. The predicted octanol–water partition coefficient (Wildman–Crippen LogP) is 16.8. The molecule has 0 aliphatic rings. The van der Waals surface area contributed by atoms with Gasteiger partial charge in [-0.2, -0.15) is 0 Å². The average Bonchev–Trinajstić information content (AvgIpc) is 3.28. The van der Waals surface area contributed by atoms with E-state index in [1.807, 2.05) is 72.9 Å². The zero-order valence-electron chi connectivity index (χ0n) is 40.5. The van der Waals surface area contributed by atoms with E-state index in [0.29, 0.717) is 19.3 Å². The van der Waals surface area contributed by atoms with Crippen LogP contribution in [-0.2, 0) is 28.6 Å². The summed E-state index contributed by atoms with van der Waals surface area (Å²) in [7, 11) is 0. The highest BCUT2D eigenvalue weighted by atomic mass is 16.6. The normalized spacial score (nSPS) is 13.0. The minimum absolute atomic E-state index is 0.111. The number of esters is 3. The molecule has 356 valence electrons. The monoisotopic (exact) mass is 873 g/mol. The topological polar surface area (TPSA) is 78.9 Å². The molecular formula is C57H92O6. The highest BCUT2D eigenvalue weighted by Crippen LogP contribution is 2.14. The Morgan fingerprint density at radius 2 is 0.635 bits per heavy atom. The summed E-state index contributed by atoms with van der Waals surface area (Å²) in [6, 6.07) is 0. The lowest BCUT2D eigenvalue weighted by atomic mass is 10.1. The maximum Gasteiger partial charge on any atom is 0.306 e. The summed E-state index contributed by atoms with van der Waals surface area (Å²) < 4.78 is 16.7. The zero-order chi connectivity index (χ0) is 45.8. The number of carbonyl (C=O) groups is 3. The summed E-state index contributed by atoms with van der Waals surface area (Å²) >= 11 is 0. The second kappa shape index (κ2) is 50.7. The van der Waals surface area contributed by atoms with Crippen molar-refractivity contribution in [3.63, 3.8) is 0 Å². The smallest absolute Gasteiger partial charge is 0.306 e. The first kappa shape index (κ1) is 59.1. The van der Waals surface area contributed by atoms with Crippen molar-refractivity contribution in [2.24, 2.45) is 0 Å². The van der Waals surface area contributed by atoms with E-state index in [9.17, 15) is 14.4 Å². The summed E-state index contributed by atoms with van der Waals surface area (Å²) in [4.78, 5) is 37.9. The molecule has 0 heterocycles. The largest absolute Gasteiger partial charge is 0.462 e. The third-order valence-electron chi connectivity index (χ3n) is 10.4. The molecule has 1 atom stereocenters. The molecule has 0 aliphatic carbocycles. The summed E-state index contributed by atoms with van der Waals surface area (Å²) in [5.41, 5.74) is 0. The number of carbonyl (C=O) groups excluding carboxylic acids is 3. The minimum atomic E-state index is -0.817. The Morgan fingerprint density at radius 3 is 1.03 bits per heavy atom. The first-order valence-corrected chi connectivity index (χ1v) is 25.5. The van der Waals surface area contributed by atoms with Crippen molar-refractivity contribution in [1.82, 2.24) is 0 Å². The summed E-state index contributed by atoms with van der Waals surface area (Å²) in [5.74, 6) is -1.00. The van der Waals surface area contributed by atoms with Gasteiger partial charge in [-0.15, -0.1) is 0 Å². The van der Waals surface area contributed by atoms with Crippen molar-refractivity contribution >= 4 is 17.9 Å². The molecule has 0 saturated carbocycles. The second-order valence-corrected chi connectivity index (χ2v) is 16.5. The minimum Gasteiger partial charge on any atom is -0.462 e. The van der Waals surface area contributed by atoms with Crippen molar-refractivity contribution in [2.75, 3.05) is 13.2 Å². The molecule has 0 aromatic rings. The van der Waals surface area contributed by atoms with Gasteiger partial charge < -0.3 is 14.2 Å². The Labute approximate surface area is 387 Å². The maximum absolute atomic E-state index is 12.8. The van der Waals surface area contributed by atoms with Crippen LogP contribution in [0.4, 0.5) is 0 Å². The van der Waals surface area contributed by atoms with Gasteiger partial charge in [0.2, 0.25) is 0 Å². The molecule has 0 aromatic carbocycles. The van der Waals surface area contributed by atoms with Gasteiger partial charge in [0.25, 0.3) is 0 Å². The predicted molar refractivity (Wildman–Crippen MR) is 270 cm³/mol. The third kappa shape index (κ3) is 49.0. The van der Waals surface area contributed by atoms with E-state index in [4.69, 9.17) is 14.2 Å². The lowest BCUT2D eigenvalue weighted by Gasteiger charge is -2.18. The van der Waals surface area contributed by atoms with Gasteiger partial charge in [-0.1, -0.05) is 220 Å².